The first-order chi connectivity index (χ1) is 11.1. The number of rotatable bonds is 3. The minimum atomic E-state index is -0.595. The molecule has 0 saturated carbocycles. The molecule has 1 aliphatic rings. The van der Waals surface area contributed by atoms with Gasteiger partial charge in [-0.15, -0.1) is 0 Å². The minimum Gasteiger partial charge on any atom is -0.444 e. The van der Waals surface area contributed by atoms with Crippen molar-refractivity contribution >= 4 is 23.6 Å². The number of anilines is 1. The number of hydrogen-bond acceptors (Lipinski definition) is 4. The predicted octanol–water partition coefficient (Wildman–Crippen LogP) is 2.92. The van der Waals surface area contributed by atoms with Gasteiger partial charge in [-0.05, 0) is 46.2 Å². The Kier molecular flexibility index (Phi) is 4.78. The second-order valence-corrected chi connectivity index (χ2v) is 6.68. The van der Waals surface area contributed by atoms with Gasteiger partial charge in [0.25, 0.3) is 11.8 Å². The van der Waals surface area contributed by atoms with Gasteiger partial charge in [-0.1, -0.05) is 18.2 Å². The van der Waals surface area contributed by atoms with Crippen LogP contribution in [0.2, 0.25) is 0 Å². The number of alkyl carbamates (subject to hydrolysis) is 1. The van der Waals surface area contributed by atoms with Crippen molar-refractivity contribution in [1.29, 1.82) is 0 Å². The number of carbonyl (C=O) groups excluding carboxylic acids is 3. The van der Waals surface area contributed by atoms with Gasteiger partial charge >= 0.3 is 6.09 Å². The largest absolute Gasteiger partial charge is 0.444 e. The first-order valence-corrected chi connectivity index (χ1v) is 7.73. The Morgan fingerprint density at radius 2 is 1.62 bits per heavy atom. The highest BCUT2D eigenvalue weighted by atomic mass is 16.6. The second kappa shape index (κ2) is 6.47. The summed E-state index contributed by atoms with van der Waals surface area (Å²) in [5, 5.41) is 2.65. The SMILES string of the molecule is CC1=C(C)C(=O)N(c2ccccc2CNC(=O)OC(C)(C)C)C1=O. The fourth-order valence-corrected chi connectivity index (χ4v) is 2.33. The molecule has 0 atom stereocenters. The molecule has 0 bridgehead atoms. The average Bonchev–Trinajstić information content (AvgIpc) is 2.68. The van der Waals surface area contributed by atoms with Crippen molar-refractivity contribution < 1.29 is 19.1 Å². The lowest BCUT2D eigenvalue weighted by atomic mass is 10.1. The highest BCUT2D eigenvalue weighted by Crippen LogP contribution is 2.29. The Morgan fingerprint density at radius 1 is 1.08 bits per heavy atom. The molecule has 0 fully saturated rings. The molecule has 128 valence electrons. The summed E-state index contributed by atoms with van der Waals surface area (Å²) in [5.74, 6) is -0.663. The van der Waals surface area contributed by atoms with Gasteiger partial charge in [0.15, 0.2) is 0 Å². The van der Waals surface area contributed by atoms with E-state index >= 15 is 0 Å². The number of hydrogen-bond donors (Lipinski definition) is 1. The molecule has 0 aromatic heterocycles. The van der Waals surface area contributed by atoms with E-state index in [1.54, 1.807) is 58.9 Å². The summed E-state index contributed by atoms with van der Waals surface area (Å²) < 4.78 is 5.20. The first kappa shape index (κ1) is 17.7. The third kappa shape index (κ3) is 3.64. The molecule has 0 aliphatic carbocycles. The monoisotopic (exact) mass is 330 g/mol. The summed E-state index contributed by atoms with van der Waals surface area (Å²) in [7, 11) is 0. The summed E-state index contributed by atoms with van der Waals surface area (Å²) in [6.45, 7) is 8.76. The molecule has 1 heterocycles. The lowest BCUT2D eigenvalue weighted by molar-refractivity contribution is -0.120. The molecular weight excluding hydrogens is 308 g/mol. The maximum atomic E-state index is 12.3. The van der Waals surface area contributed by atoms with E-state index in [4.69, 9.17) is 4.74 Å². The normalized spacial score (nSPS) is 15.1. The Balaban J connectivity index is 2.19. The number of ether oxygens (including phenoxy) is 1. The third-order valence-electron chi connectivity index (χ3n) is 3.66. The molecule has 1 N–H and O–H groups in total. The highest BCUT2D eigenvalue weighted by molar-refractivity contribution is 6.32. The van der Waals surface area contributed by atoms with Crippen molar-refractivity contribution in [3.05, 3.63) is 41.0 Å². The Bertz CT molecular complexity index is 705. The molecule has 3 amide bonds. The summed E-state index contributed by atoms with van der Waals surface area (Å²) in [6, 6.07) is 6.98. The van der Waals surface area contributed by atoms with E-state index in [1.165, 1.54) is 0 Å². The van der Waals surface area contributed by atoms with E-state index in [1.807, 2.05) is 0 Å². The molecule has 6 heteroatoms. The van der Waals surface area contributed by atoms with Crippen LogP contribution < -0.4 is 10.2 Å². The van der Waals surface area contributed by atoms with Crippen molar-refractivity contribution in [1.82, 2.24) is 5.32 Å². The molecule has 6 nitrogen and oxygen atoms in total. The van der Waals surface area contributed by atoms with Crippen molar-refractivity contribution in [2.45, 2.75) is 46.8 Å². The summed E-state index contributed by atoms with van der Waals surface area (Å²) >= 11 is 0. The maximum Gasteiger partial charge on any atom is 0.407 e. The van der Waals surface area contributed by atoms with Gasteiger partial charge in [0.05, 0.1) is 5.69 Å². The molecule has 2 rings (SSSR count). The lowest BCUT2D eigenvalue weighted by Crippen LogP contribution is -2.34. The zero-order chi connectivity index (χ0) is 18.1. The molecule has 0 saturated heterocycles. The number of imide groups is 1. The van der Waals surface area contributed by atoms with Crippen LogP contribution in [0.15, 0.2) is 35.4 Å². The van der Waals surface area contributed by atoms with Crippen molar-refractivity contribution in [3.8, 4) is 0 Å². The van der Waals surface area contributed by atoms with Crippen LogP contribution in [0.1, 0.15) is 40.2 Å². The fourth-order valence-electron chi connectivity index (χ4n) is 2.33. The Hall–Kier alpha value is -2.63. The van der Waals surface area contributed by atoms with Crippen molar-refractivity contribution in [2.75, 3.05) is 4.90 Å². The first-order valence-electron chi connectivity index (χ1n) is 7.73. The van der Waals surface area contributed by atoms with Gasteiger partial charge in [-0.2, -0.15) is 0 Å². The van der Waals surface area contributed by atoms with E-state index in [0.717, 1.165) is 4.90 Å². The van der Waals surface area contributed by atoms with Crippen LogP contribution in [0.5, 0.6) is 0 Å². The standard InChI is InChI=1S/C18H22N2O4/c1-11-12(2)16(22)20(15(11)21)14-9-7-6-8-13(14)10-19-17(23)24-18(3,4)5/h6-9H,10H2,1-5H3,(H,19,23). The number of benzene rings is 1. The highest BCUT2D eigenvalue weighted by Gasteiger charge is 2.35. The van der Waals surface area contributed by atoms with Gasteiger partial charge in [0, 0.05) is 17.7 Å². The van der Waals surface area contributed by atoms with Crippen LogP contribution in [0.3, 0.4) is 0 Å². The molecular formula is C18H22N2O4. The quantitative estimate of drug-likeness (QED) is 0.865. The summed E-state index contributed by atoms with van der Waals surface area (Å²) in [4.78, 5) is 37.6. The number of nitrogens with zero attached hydrogens (tertiary/aromatic N) is 1. The zero-order valence-electron chi connectivity index (χ0n) is 14.6. The molecule has 0 radical (unpaired) electrons. The van der Waals surface area contributed by atoms with Gasteiger partial charge in [0.2, 0.25) is 0 Å². The van der Waals surface area contributed by atoms with Crippen LogP contribution >= 0.6 is 0 Å². The number of amides is 3. The summed E-state index contributed by atoms with van der Waals surface area (Å²) in [6.07, 6.45) is -0.554. The van der Waals surface area contributed by atoms with Gasteiger partial charge in [0.1, 0.15) is 5.60 Å². The minimum absolute atomic E-state index is 0.153. The predicted molar refractivity (Wildman–Crippen MR) is 90.4 cm³/mol. The number of nitrogens with one attached hydrogen (secondary N) is 1. The molecule has 1 aromatic rings. The Morgan fingerprint density at radius 3 is 2.17 bits per heavy atom. The third-order valence-corrected chi connectivity index (χ3v) is 3.66. The van der Waals surface area contributed by atoms with Gasteiger partial charge in [-0.3, -0.25) is 9.59 Å². The summed E-state index contributed by atoms with van der Waals surface area (Å²) in [5.41, 5.74) is 1.42. The number of carbonyl (C=O) groups is 3. The van der Waals surface area contributed by atoms with E-state index in [0.29, 0.717) is 22.4 Å². The van der Waals surface area contributed by atoms with E-state index in [2.05, 4.69) is 5.32 Å². The van der Waals surface area contributed by atoms with Gasteiger partial charge < -0.3 is 10.1 Å². The van der Waals surface area contributed by atoms with Crippen LogP contribution in [0.25, 0.3) is 0 Å². The van der Waals surface area contributed by atoms with E-state index in [-0.39, 0.29) is 18.4 Å². The molecule has 0 spiro atoms. The second-order valence-electron chi connectivity index (χ2n) is 6.68. The van der Waals surface area contributed by atoms with E-state index < -0.39 is 11.7 Å². The smallest absolute Gasteiger partial charge is 0.407 e. The van der Waals surface area contributed by atoms with Crippen LogP contribution in [-0.4, -0.2) is 23.5 Å². The van der Waals surface area contributed by atoms with E-state index in [9.17, 15) is 14.4 Å². The van der Waals surface area contributed by atoms with Crippen molar-refractivity contribution in [2.24, 2.45) is 0 Å². The number of para-hydroxylation sites is 1. The Labute approximate surface area is 141 Å². The van der Waals surface area contributed by atoms with Crippen LogP contribution in [0, 0.1) is 0 Å². The molecule has 1 aliphatic heterocycles. The topological polar surface area (TPSA) is 75.7 Å². The van der Waals surface area contributed by atoms with Crippen LogP contribution in [0.4, 0.5) is 10.5 Å². The molecule has 0 unspecified atom stereocenters. The van der Waals surface area contributed by atoms with Crippen molar-refractivity contribution in [3.63, 3.8) is 0 Å². The molecule has 24 heavy (non-hydrogen) atoms. The molecule has 1 aromatic carbocycles. The maximum absolute atomic E-state index is 12.3. The van der Waals surface area contributed by atoms with Crippen LogP contribution in [-0.2, 0) is 20.9 Å². The lowest BCUT2D eigenvalue weighted by Gasteiger charge is -2.21. The fraction of sp³-hybridized carbons (Fsp3) is 0.389. The van der Waals surface area contributed by atoms with Gasteiger partial charge in [-0.25, -0.2) is 9.69 Å². The average molecular weight is 330 g/mol. The zero-order valence-corrected chi connectivity index (χ0v) is 14.6.